The quantitative estimate of drug-likeness (QED) is 0.623. The van der Waals surface area contributed by atoms with E-state index in [9.17, 15) is 19.3 Å². The molecule has 25 heavy (non-hydrogen) atoms. The molecule has 0 fully saturated rings. The first-order chi connectivity index (χ1) is 11.8. The Morgan fingerprint density at radius 2 is 2.08 bits per heavy atom. The molecule has 0 aliphatic heterocycles. The van der Waals surface area contributed by atoms with E-state index >= 15 is 0 Å². The summed E-state index contributed by atoms with van der Waals surface area (Å²) < 4.78 is 13.2. The van der Waals surface area contributed by atoms with Crippen LogP contribution in [-0.2, 0) is 11.3 Å². The molecule has 6 nitrogen and oxygen atoms in total. The zero-order chi connectivity index (χ0) is 18.6. The molecule has 1 N–H and O–H groups in total. The molecule has 1 amide bonds. The fourth-order valence-electron chi connectivity index (χ4n) is 2.22. The summed E-state index contributed by atoms with van der Waals surface area (Å²) in [6.07, 6.45) is 0. The smallest absolute Gasteiger partial charge is 0.271 e. The number of anilines is 1. The van der Waals surface area contributed by atoms with Gasteiger partial charge in [-0.25, -0.2) is 4.39 Å². The number of hydrogen-bond donors (Lipinski definition) is 1. The van der Waals surface area contributed by atoms with Crippen molar-refractivity contribution in [3.05, 3.63) is 69.0 Å². The first kappa shape index (κ1) is 18.8. The van der Waals surface area contributed by atoms with E-state index in [-0.39, 0.29) is 28.1 Å². The Kier molecular flexibility index (Phi) is 6.06. The summed E-state index contributed by atoms with van der Waals surface area (Å²) in [5, 5.41) is 13.6. The number of likely N-dealkylation sites (N-methyl/N-ethyl adjacent to an activating group) is 1. The van der Waals surface area contributed by atoms with Crippen molar-refractivity contribution >= 4 is 28.9 Å². The number of hydrogen-bond acceptors (Lipinski definition) is 4. The molecule has 1 unspecified atom stereocenters. The van der Waals surface area contributed by atoms with Crippen LogP contribution in [0.4, 0.5) is 15.8 Å². The van der Waals surface area contributed by atoms with Crippen molar-refractivity contribution in [3.63, 3.8) is 0 Å². The van der Waals surface area contributed by atoms with Crippen LogP contribution in [0.2, 0.25) is 5.02 Å². The number of nitrogens with zero attached hydrogens (tertiary/aromatic N) is 2. The summed E-state index contributed by atoms with van der Waals surface area (Å²) >= 11 is 5.98. The predicted molar refractivity (Wildman–Crippen MR) is 94.1 cm³/mol. The molecule has 2 aromatic carbocycles. The number of nitro benzene ring substituents is 1. The fourth-order valence-corrected chi connectivity index (χ4v) is 2.38. The number of nitro groups is 1. The van der Waals surface area contributed by atoms with Crippen LogP contribution in [0.25, 0.3) is 0 Å². The van der Waals surface area contributed by atoms with Crippen molar-refractivity contribution in [1.82, 2.24) is 4.90 Å². The third-order valence-electron chi connectivity index (χ3n) is 3.78. The van der Waals surface area contributed by atoms with Crippen LogP contribution < -0.4 is 5.32 Å². The maximum absolute atomic E-state index is 13.2. The third-order valence-corrected chi connectivity index (χ3v) is 4.11. The lowest BCUT2D eigenvalue weighted by Gasteiger charge is -2.24. The zero-order valence-electron chi connectivity index (χ0n) is 13.7. The molecule has 1 atom stereocenters. The third kappa shape index (κ3) is 4.98. The molecule has 0 aliphatic carbocycles. The highest BCUT2D eigenvalue weighted by atomic mass is 35.5. The van der Waals surface area contributed by atoms with E-state index in [2.05, 4.69) is 5.32 Å². The van der Waals surface area contributed by atoms with Gasteiger partial charge in [0.25, 0.3) is 5.69 Å². The molecule has 0 radical (unpaired) electrons. The van der Waals surface area contributed by atoms with E-state index in [0.29, 0.717) is 6.54 Å². The van der Waals surface area contributed by atoms with Gasteiger partial charge in [0.1, 0.15) is 5.82 Å². The average molecular weight is 366 g/mol. The number of amides is 1. The number of carbonyl (C=O) groups is 1. The molecular formula is C17H17ClFN3O3. The second-order valence-electron chi connectivity index (χ2n) is 5.63. The highest BCUT2D eigenvalue weighted by Crippen LogP contribution is 2.27. The Morgan fingerprint density at radius 3 is 2.72 bits per heavy atom. The maximum Gasteiger partial charge on any atom is 0.271 e. The van der Waals surface area contributed by atoms with Gasteiger partial charge in [-0.15, -0.1) is 0 Å². The van der Waals surface area contributed by atoms with Crippen molar-refractivity contribution < 1.29 is 14.1 Å². The summed E-state index contributed by atoms with van der Waals surface area (Å²) in [5.41, 5.74) is 0.739. The first-order valence-electron chi connectivity index (χ1n) is 7.47. The molecule has 2 rings (SSSR count). The minimum absolute atomic E-state index is 0.166. The molecule has 0 aromatic heterocycles. The monoisotopic (exact) mass is 365 g/mol. The summed E-state index contributed by atoms with van der Waals surface area (Å²) in [6, 6.07) is 9.39. The zero-order valence-corrected chi connectivity index (χ0v) is 14.5. The van der Waals surface area contributed by atoms with Gasteiger partial charge in [0.2, 0.25) is 5.91 Å². The maximum atomic E-state index is 13.2. The standard InChI is InChI=1S/C17H17ClFN3O3/c1-11(21(2)10-12-4-3-5-13(19)8-12)17(23)20-16-9-14(22(24)25)6-7-15(16)18/h3-9,11H,10H2,1-2H3,(H,20,23). The fraction of sp³-hybridized carbons (Fsp3) is 0.235. The lowest BCUT2D eigenvalue weighted by Crippen LogP contribution is -2.39. The predicted octanol–water partition coefficient (Wildman–Crippen LogP) is 3.85. The van der Waals surface area contributed by atoms with Gasteiger partial charge in [0.15, 0.2) is 0 Å². The Hall–Kier alpha value is -2.51. The Balaban J connectivity index is 2.07. The first-order valence-corrected chi connectivity index (χ1v) is 7.85. The number of halogens is 2. The van der Waals surface area contributed by atoms with Crippen LogP contribution in [0.3, 0.4) is 0 Å². The number of non-ortho nitro benzene ring substituents is 1. The molecule has 8 heteroatoms. The van der Waals surface area contributed by atoms with Crippen molar-refractivity contribution in [2.45, 2.75) is 19.5 Å². The number of rotatable bonds is 6. The summed E-state index contributed by atoms with van der Waals surface area (Å²) in [4.78, 5) is 24.4. The molecule has 0 saturated heterocycles. The molecule has 0 spiro atoms. The minimum Gasteiger partial charge on any atom is -0.323 e. The summed E-state index contributed by atoms with van der Waals surface area (Å²) in [6.45, 7) is 2.05. The van der Waals surface area contributed by atoms with Crippen LogP contribution in [0.1, 0.15) is 12.5 Å². The molecule has 2 aromatic rings. The van der Waals surface area contributed by atoms with Crippen molar-refractivity contribution in [1.29, 1.82) is 0 Å². The van der Waals surface area contributed by atoms with Gasteiger partial charge in [-0.3, -0.25) is 19.8 Å². The molecular weight excluding hydrogens is 349 g/mol. The van der Waals surface area contributed by atoms with Gasteiger partial charge < -0.3 is 5.32 Å². The molecule has 0 heterocycles. The van der Waals surface area contributed by atoms with Gasteiger partial charge >= 0.3 is 0 Å². The molecule has 0 bridgehead atoms. The summed E-state index contributed by atoms with van der Waals surface area (Å²) in [5.74, 6) is -0.715. The molecule has 0 aliphatic rings. The average Bonchev–Trinajstić information content (AvgIpc) is 2.55. The largest absolute Gasteiger partial charge is 0.323 e. The highest BCUT2D eigenvalue weighted by molar-refractivity contribution is 6.33. The molecule has 0 saturated carbocycles. The van der Waals surface area contributed by atoms with Gasteiger partial charge in [-0.1, -0.05) is 23.7 Å². The second kappa shape index (κ2) is 8.04. The van der Waals surface area contributed by atoms with Gasteiger partial charge in [0, 0.05) is 18.7 Å². The van der Waals surface area contributed by atoms with E-state index < -0.39 is 11.0 Å². The number of carbonyl (C=O) groups excluding carboxylic acids is 1. The normalized spacial score (nSPS) is 12.0. The Labute approximate surface area is 149 Å². The molecule has 132 valence electrons. The van der Waals surface area contributed by atoms with Crippen LogP contribution in [0, 0.1) is 15.9 Å². The van der Waals surface area contributed by atoms with Crippen molar-refractivity contribution in [2.24, 2.45) is 0 Å². The lowest BCUT2D eigenvalue weighted by atomic mass is 10.1. The van der Waals surface area contributed by atoms with Crippen molar-refractivity contribution in [2.75, 3.05) is 12.4 Å². The second-order valence-corrected chi connectivity index (χ2v) is 6.04. The number of benzene rings is 2. The van der Waals surface area contributed by atoms with Crippen LogP contribution in [-0.4, -0.2) is 28.8 Å². The van der Waals surface area contributed by atoms with E-state index in [4.69, 9.17) is 11.6 Å². The lowest BCUT2D eigenvalue weighted by molar-refractivity contribution is -0.384. The van der Waals surface area contributed by atoms with Crippen LogP contribution in [0.5, 0.6) is 0 Å². The van der Waals surface area contributed by atoms with Gasteiger partial charge in [-0.2, -0.15) is 0 Å². The van der Waals surface area contributed by atoms with Crippen LogP contribution >= 0.6 is 11.6 Å². The number of nitrogens with one attached hydrogen (secondary N) is 1. The van der Waals surface area contributed by atoms with E-state index in [1.54, 1.807) is 31.0 Å². The Morgan fingerprint density at radius 1 is 1.36 bits per heavy atom. The summed E-state index contributed by atoms with van der Waals surface area (Å²) in [7, 11) is 1.73. The highest BCUT2D eigenvalue weighted by Gasteiger charge is 2.20. The van der Waals surface area contributed by atoms with Crippen molar-refractivity contribution in [3.8, 4) is 0 Å². The van der Waals surface area contributed by atoms with E-state index in [0.717, 1.165) is 5.56 Å². The van der Waals surface area contributed by atoms with E-state index in [1.165, 1.54) is 30.3 Å². The van der Waals surface area contributed by atoms with Crippen LogP contribution in [0.15, 0.2) is 42.5 Å². The SMILES string of the molecule is CC(C(=O)Nc1cc([N+](=O)[O-])ccc1Cl)N(C)Cc1cccc(F)c1. The van der Waals surface area contributed by atoms with E-state index in [1.807, 2.05) is 0 Å². The Bertz CT molecular complexity index is 800. The van der Waals surface area contributed by atoms with Gasteiger partial charge in [-0.05, 0) is 37.7 Å². The van der Waals surface area contributed by atoms with Gasteiger partial charge in [0.05, 0.1) is 21.7 Å². The minimum atomic E-state index is -0.564. The topological polar surface area (TPSA) is 75.5 Å².